The number of aryl methyl sites for hydroxylation is 1. The number of carboxylic acid groups (broad SMARTS) is 1. The van der Waals surface area contributed by atoms with Crippen molar-refractivity contribution < 1.29 is 14.7 Å². The third-order valence-corrected chi connectivity index (χ3v) is 4.41. The zero-order chi connectivity index (χ0) is 14.9. The second kappa shape index (κ2) is 5.83. The van der Waals surface area contributed by atoms with E-state index in [0.717, 1.165) is 5.56 Å². The monoisotopic (exact) mass is 295 g/mol. The zero-order valence-electron chi connectivity index (χ0n) is 11.6. The molecule has 5 heteroatoms. The van der Waals surface area contributed by atoms with Gasteiger partial charge < -0.3 is 10.0 Å². The van der Waals surface area contributed by atoms with Gasteiger partial charge in [-0.05, 0) is 38.3 Å². The van der Waals surface area contributed by atoms with Gasteiger partial charge in [-0.1, -0.05) is 23.7 Å². The maximum Gasteiger partial charge on any atom is 0.306 e. The maximum absolute atomic E-state index is 12.6. The van der Waals surface area contributed by atoms with Crippen LogP contribution in [0.25, 0.3) is 0 Å². The van der Waals surface area contributed by atoms with Crippen molar-refractivity contribution in [2.24, 2.45) is 5.92 Å². The summed E-state index contributed by atoms with van der Waals surface area (Å²) in [5, 5.41) is 9.53. The Kier molecular flexibility index (Phi) is 4.33. The first-order valence-corrected chi connectivity index (χ1v) is 7.08. The zero-order valence-corrected chi connectivity index (χ0v) is 12.4. The highest BCUT2D eigenvalue weighted by molar-refractivity contribution is 6.34. The average molecular weight is 296 g/mol. The van der Waals surface area contributed by atoms with Crippen LogP contribution in [0.2, 0.25) is 5.02 Å². The van der Waals surface area contributed by atoms with Crippen molar-refractivity contribution in [1.29, 1.82) is 0 Å². The second-order valence-corrected chi connectivity index (χ2v) is 5.72. The summed E-state index contributed by atoms with van der Waals surface area (Å²) >= 11 is 6.19. The lowest BCUT2D eigenvalue weighted by molar-refractivity contribution is -0.143. The fraction of sp³-hybridized carbons (Fsp3) is 0.467. The number of halogens is 1. The Morgan fingerprint density at radius 3 is 2.70 bits per heavy atom. The van der Waals surface area contributed by atoms with Crippen LogP contribution in [0.3, 0.4) is 0 Å². The van der Waals surface area contributed by atoms with Crippen LogP contribution in [-0.4, -0.2) is 34.5 Å². The molecule has 1 aliphatic heterocycles. The average Bonchev–Trinajstić information content (AvgIpc) is 2.41. The van der Waals surface area contributed by atoms with Gasteiger partial charge in [0.2, 0.25) is 0 Å². The molecule has 2 unspecified atom stereocenters. The van der Waals surface area contributed by atoms with E-state index in [1.165, 1.54) is 0 Å². The number of nitrogens with zero attached hydrogens (tertiary/aromatic N) is 1. The van der Waals surface area contributed by atoms with Crippen LogP contribution >= 0.6 is 11.6 Å². The molecule has 1 amide bonds. The normalized spacial score (nSPS) is 22.6. The standard InChI is InChI=1S/C15H18ClNO3/c1-9-4-3-5-12(13(9)16)14(18)17-7-6-11(15(19)20)8-10(17)2/h3-5,10-11H,6-8H2,1-2H3,(H,19,20). The Balaban J connectivity index is 2.18. The Bertz CT molecular complexity index is 544. The summed E-state index contributed by atoms with van der Waals surface area (Å²) in [6.45, 7) is 4.21. The fourth-order valence-electron chi connectivity index (χ4n) is 2.67. The summed E-state index contributed by atoms with van der Waals surface area (Å²) in [7, 11) is 0. The maximum atomic E-state index is 12.6. The van der Waals surface area contributed by atoms with Crippen LogP contribution in [0.4, 0.5) is 0 Å². The lowest BCUT2D eigenvalue weighted by Gasteiger charge is -2.36. The number of likely N-dealkylation sites (tertiary alicyclic amines) is 1. The Hall–Kier alpha value is -1.55. The van der Waals surface area contributed by atoms with E-state index in [0.29, 0.717) is 30.0 Å². The number of benzene rings is 1. The number of hydrogen-bond acceptors (Lipinski definition) is 2. The van der Waals surface area contributed by atoms with E-state index in [1.54, 1.807) is 11.0 Å². The highest BCUT2D eigenvalue weighted by atomic mass is 35.5. The van der Waals surface area contributed by atoms with Crippen molar-refractivity contribution >= 4 is 23.5 Å². The summed E-state index contributed by atoms with van der Waals surface area (Å²) in [5.74, 6) is -1.25. The molecule has 0 saturated carbocycles. The molecule has 0 aliphatic carbocycles. The molecule has 0 bridgehead atoms. The van der Waals surface area contributed by atoms with Gasteiger partial charge in [0.1, 0.15) is 0 Å². The SMILES string of the molecule is Cc1cccc(C(=O)N2CCC(C(=O)O)CC2C)c1Cl. The van der Waals surface area contributed by atoms with Gasteiger partial charge in [-0.25, -0.2) is 0 Å². The quantitative estimate of drug-likeness (QED) is 0.912. The van der Waals surface area contributed by atoms with Crippen LogP contribution < -0.4 is 0 Å². The van der Waals surface area contributed by atoms with Gasteiger partial charge >= 0.3 is 5.97 Å². The summed E-state index contributed by atoms with van der Waals surface area (Å²) in [6, 6.07) is 5.30. The molecule has 1 fully saturated rings. The minimum absolute atomic E-state index is 0.0890. The molecule has 0 radical (unpaired) electrons. The largest absolute Gasteiger partial charge is 0.481 e. The predicted octanol–water partition coefficient (Wildman–Crippen LogP) is 2.97. The van der Waals surface area contributed by atoms with Crippen molar-refractivity contribution in [2.75, 3.05) is 6.54 Å². The number of carbonyl (C=O) groups excluding carboxylic acids is 1. The van der Waals surface area contributed by atoms with E-state index >= 15 is 0 Å². The number of aliphatic carboxylic acids is 1. The minimum atomic E-state index is -0.780. The first-order chi connectivity index (χ1) is 9.41. The van der Waals surface area contributed by atoms with Crippen molar-refractivity contribution in [3.05, 3.63) is 34.3 Å². The molecule has 0 spiro atoms. The van der Waals surface area contributed by atoms with Crippen LogP contribution in [0.15, 0.2) is 18.2 Å². The van der Waals surface area contributed by atoms with Gasteiger partial charge in [-0.15, -0.1) is 0 Å². The van der Waals surface area contributed by atoms with E-state index in [4.69, 9.17) is 16.7 Å². The van der Waals surface area contributed by atoms with Gasteiger partial charge in [0.05, 0.1) is 16.5 Å². The van der Waals surface area contributed by atoms with Gasteiger partial charge in [-0.2, -0.15) is 0 Å². The van der Waals surface area contributed by atoms with Gasteiger partial charge in [0.25, 0.3) is 5.91 Å². The van der Waals surface area contributed by atoms with E-state index in [2.05, 4.69) is 0 Å². The lowest BCUT2D eigenvalue weighted by atomic mass is 9.91. The molecule has 0 aromatic heterocycles. The van der Waals surface area contributed by atoms with E-state index in [9.17, 15) is 9.59 Å². The molecule has 1 saturated heterocycles. The lowest BCUT2D eigenvalue weighted by Crippen LogP contribution is -2.46. The number of hydrogen-bond donors (Lipinski definition) is 1. The van der Waals surface area contributed by atoms with Gasteiger partial charge in [-0.3, -0.25) is 9.59 Å². The van der Waals surface area contributed by atoms with Gasteiger partial charge in [0, 0.05) is 12.6 Å². The van der Waals surface area contributed by atoms with E-state index in [-0.39, 0.29) is 17.9 Å². The summed E-state index contributed by atoms with van der Waals surface area (Å²) in [6.07, 6.45) is 0.985. The molecular formula is C15H18ClNO3. The highest BCUT2D eigenvalue weighted by Crippen LogP contribution is 2.27. The molecule has 1 heterocycles. The van der Waals surface area contributed by atoms with Gasteiger partial charge in [0.15, 0.2) is 0 Å². The van der Waals surface area contributed by atoms with Crippen molar-refractivity contribution in [3.63, 3.8) is 0 Å². The molecule has 108 valence electrons. The number of carbonyl (C=O) groups is 2. The Morgan fingerprint density at radius 1 is 1.40 bits per heavy atom. The van der Waals surface area contributed by atoms with E-state index < -0.39 is 5.97 Å². The topological polar surface area (TPSA) is 57.6 Å². The molecule has 1 aromatic rings. The fourth-order valence-corrected chi connectivity index (χ4v) is 2.87. The first kappa shape index (κ1) is 14.9. The Labute approximate surface area is 123 Å². The van der Waals surface area contributed by atoms with Crippen molar-refractivity contribution in [3.8, 4) is 0 Å². The third kappa shape index (κ3) is 2.80. The molecular weight excluding hydrogens is 278 g/mol. The number of carboxylic acids is 1. The van der Waals surface area contributed by atoms with Crippen molar-refractivity contribution in [1.82, 2.24) is 4.90 Å². The second-order valence-electron chi connectivity index (χ2n) is 5.34. The van der Waals surface area contributed by atoms with Crippen LogP contribution in [0.5, 0.6) is 0 Å². The molecule has 1 N–H and O–H groups in total. The third-order valence-electron chi connectivity index (χ3n) is 3.91. The van der Waals surface area contributed by atoms with Crippen LogP contribution in [-0.2, 0) is 4.79 Å². The first-order valence-electron chi connectivity index (χ1n) is 6.70. The highest BCUT2D eigenvalue weighted by Gasteiger charge is 2.33. The molecule has 1 aromatic carbocycles. The van der Waals surface area contributed by atoms with E-state index in [1.807, 2.05) is 26.0 Å². The number of piperidine rings is 1. The van der Waals surface area contributed by atoms with Crippen LogP contribution in [0.1, 0.15) is 35.7 Å². The summed E-state index contributed by atoms with van der Waals surface area (Å²) < 4.78 is 0. The molecule has 2 atom stereocenters. The molecule has 2 rings (SSSR count). The number of rotatable bonds is 2. The molecule has 4 nitrogen and oxygen atoms in total. The summed E-state index contributed by atoms with van der Waals surface area (Å²) in [4.78, 5) is 25.3. The summed E-state index contributed by atoms with van der Waals surface area (Å²) in [5.41, 5.74) is 1.36. The van der Waals surface area contributed by atoms with Crippen LogP contribution in [0, 0.1) is 12.8 Å². The number of amides is 1. The smallest absolute Gasteiger partial charge is 0.306 e. The minimum Gasteiger partial charge on any atom is -0.481 e. The molecule has 20 heavy (non-hydrogen) atoms. The molecule has 1 aliphatic rings. The Morgan fingerprint density at radius 2 is 2.10 bits per heavy atom. The van der Waals surface area contributed by atoms with Crippen molar-refractivity contribution in [2.45, 2.75) is 32.7 Å². The predicted molar refractivity (Wildman–Crippen MR) is 77.0 cm³/mol.